The fraction of sp³-hybridized carbons (Fsp3) is 0.600. The lowest BCUT2D eigenvalue weighted by Crippen LogP contribution is -2.37. The van der Waals surface area contributed by atoms with Crippen LogP contribution in [0, 0.1) is 0 Å². The van der Waals surface area contributed by atoms with Crippen LogP contribution >= 0.6 is 0 Å². The SMILES string of the molecule is NCCOCC(=O)NC(N)=O. The number of hydrogen-bond donors (Lipinski definition) is 3. The quantitative estimate of drug-likeness (QED) is 0.421. The molecule has 6 heteroatoms. The first-order chi connectivity index (χ1) is 5.16. The molecule has 11 heavy (non-hydrogen) atoms. The van der Waals surface area contributed by atoms with Gasteiger partial charge in [0.25, 0.3) is 5.91 Å². The Kier molecular flexibility index (Phi) is 5.05. The maximum Gasteiger partial charge on any atom is 0.318 e. The van der Waals surface area contributed by atoms with Crippen molar-refractivity contribution in [1.29, 1.82) is 0 Å². The Morgan fingerprint density at radius 2 is 2.09 bits per heavy atom. The molecule has 0 heterocycles. The fourth-order valence-corrected chi connectivity index (χ4v) is 0.422. The van der Waals surface area contributed by atoms with Crippen LogP contribution < -0.4 is 16.8 Å². The van der Waals surface area contributed by atoms with Gasteiger partial charge in [0, 0.05) is 6.54 Å². The van der Waals surface area contributed by atoms with Gasteiger partial charge >= 0.3 is 6.03 Å². The first-order valence-corrected chi connectivity index (χ1v) is 3.04. The van der Waals surface area contributed by atoms with Crippen LogP contribution in [0.15, 0.2) is 0 Å². The number of nitrogens with two attached hydrogens (primary N) is 2. The van der Waals surface area contributed by atoms with Gasteiger partial charge in [-0.05, 0) is 0 Å². The lowest BCUT2D eigenvalue weighted by molar-refractivity contribution is -0.124. The summed E-state index contributed by atoms with van der Waals surface area (Å²) in [4.78, 5) is 20.6. The average Bonchev–Trinajstić information content (AvgIpc) is 1.86. The Hall–Kier alpha value is -1.14. The number of imide groups is 1. The topological polar surface area (TPSA) is 107 Å². The summed E-state index contributed by atoms with van der Waals surface area (Å²) in [6.07, 6.45) is 0. The van der Waals surface area contributed by atoms with Crippen LogP contribution in [0.5, 0.6) is 0 Å². The summed E-state index contributed by atoms with van der Waals surface area (Å²) in [6, 6.07) is -0.883. The van der Waals surface area contributed by atoms with Gasteiger partial charge in [-0.2, -0.15) is 0 Å². The number of nitrogens with one attached hydrogen (secondary N) is 1. The molecule has 0 aromatic carbocycles. The maximum atomic E-state index is 10.6. The van der Waals surface area contributed by atoms with Gasteiger partial charge in [0.05, 0.1) is 6.61 Å². The molecule has 0 radical (unpaired) electrons. The smallest absolute Gasteiger partial charge is 0.318 e. The molecule has 0 rings (SSSR count). The van der Waals surface area contributed by atoms with E-state index in [4.69, 9.17) is 10.5 Å². The van der Waals surface area contributed by atoms with Crippen molar-refractivity contribution in [3.63, 3.8) is 0 Å². The van der Waals surface area contributed by atoms with Crippen LogP contribution in [0.25, 0.3) is 0 Å². The second-order valence-corrected chi connectivity index (χ2v) is 1.75. The standard InChI is InChI=1S/C5H11N3O3/c6-1-2-11-3-4(9)8-5(7)10/h1-3,6H2,(H3,7,8,9,10). The minimum Gasteiger partial charge on any atom is -0.370 e. The van der Waals surface area contributed by atoms with E-state index in [1.54, 1.807) is 0 Å². The predicted molar refractivity (Wildman–Crippen MR) is 37.6 cm³/mol. The van der Waals surface area contributed by atoms with E-state index in [1.165, 1.54) is 0 Å². The number of carbonyl (C=O) groups is 2. The molecule has 64 valence electrons. The summed E-state index contributed by atoms with van der Waals surface area (Å²) in [5, 5.41) is 1.84. The lowest BCUT2D eigenvalue weighted by atomic mass is 10.6. The number of amides is 3. The monoisotopic (exact) mass is 161 g/mol. The third-order valence-corrected chi connectivity index (χ3v) is 0.758. The molecule has 0 fully saturated rings. The zero-order chi connectivity index (χ0) is 8.69. The van der Waals surface area contributed by atoms with Crippen molar-refractivity contribution in [2.24, 2.45) is 11.5 Å². The normalized spacial score (nSPS) is 9.18. The zero-order valence-electron chi connectivity index (χ0n) is 6.00. The second kappa shape index (κ2) is 5.63. The van der Waals surface area contributed by atoms with Crippen LogP contribution in [0.4, 0.5) is 4.79 Å². The van der Waals surface area contributed by atoms with Crippen LogP contribution in [0.1, 0.15) is 0 Å². The first-order valence-electron chi connectivity index (χ1n) is 3.04. The van der Waals surface area contributed by atoms with E-state index in [-0.39, 0.29) is 13.2 Å². The summed E-state index contributed by atoms with van der Waals surface area (Å²) in [5.74, 6) is -0.564. The molecule has 0 saturated carbocycles. The third kappa shape index (κ3) is 6.75. The summed E-state index contributed by atoms with van der Waals surface area (Å²) in [5.41, 5.74) is 9.71. The van der Waals surface area contributed by atoms with Crippen molar-refractivity contribution in [2.45, 2.75) is 0 Å². The van der Waals surface area contributed by atoms with Gasteiger partial charge in [0.2, 0.25) is 0 Å². The van der Waals surface area contributed by atoms with E-state index in [0.717, 1.165) is 0 Å². The summed E-state index contributed by atoms with van der Waals surface area (Å²) >= 11 is 0. The number of ether oxygens (including phenoxy) is 1. The van der Waals surface area contributed by atoms with Crippen LogP contribution in [-0.2, 0) is 9.53 Å². The highest BCUT2D eigenvalue weighted by molar-refractivity contribution is 5.94. The highest BCUT2D eigenvalue weighted by Gasteiger charge is 2.02. The van der Waals surface area contributed by atoms with Crippen molar-refractivity contribution in [3.8, 4) is 0 Å². The van der Waals surface area contributed by atoms with E-state index in [1.807, 2.05) is 5.32 Å². The van der Waals surface area contributed by atoms with Gasteiger partial charge in [-0.3, -0.25) is 10.1 Å². The highest BCUT2D eigenvalue weighted by atomic mass is 16.5. The largest absolute Gasteiger partial charge is 0.370 e. The lowest BCUT2D eigenvalue weighted by Gasteiger charge is -2.00. The molecule has 0 aliphatic rings. The predicted octanol–water partition coefficient (Wildman–Crippen LogP) is -1.84. The Labute approximate surface area is 63.9 Å². The third-order valence-electron chi connectivity index (χ3n) is 0.758. The molecule has 6 nitrogen and oxygen atoms in total. The Balaban J connectivity index is 3.30. The van der Waals surface area contributed by atoms with E-state index in [2.05, 4.69) is 5.73 Å². The number of carbonyl (C=O) groups excluding carboxylic acids is 2. The number of primary amides is 1. The van der Waals surface area contributed by atoms with Gasteiger partial charge < -0.3 is 16.2 Å². The molecular weight excluding hydrogens is 150 g/mol. The molecule has 0 spiro atoms. The Morgan fingerprint density at radius 3 is 2.55 bits per heavy atom. The molecule has 0 bridgehead atoms. The van der Waals surface area contributed by atoms with Crippen molar-refractivity contribution in [3.05, 3.63) is 0 Å². The summed E-state index contributed by atoms with van der Waals surface area (Å²) in [7, 11) is 0. The van der Waals surface area contributed by atoms with Gasteiger partial charge in [-0.1, -0.05) is 0 Å². The van der Waals surface area contributed by atoms with Gasteiger partial charge in [-0.15, -0.1) is 0 Å². The van der Waals surface area contributed by atoms with Crippen molar-refractivity contribution < 1.29 is 14.3 Å². The van der Waals surface area contributed by atoms with Crippen molar-refractivity contribution in [2.75, 3.05) is 19.8 Å². The van der Waals surface area contributed by atoms with E-state index in [0.29, 0.717) is 6.54 Å². The Morgan fingerprint density at radius 1 is 1.45 bits per heavy atom. The molecule has 3 amide bonds. The first kappa shape index (κ1) is 9.86. The molecule has 0 aromatic rings. The fourth-order valence-electron chi connectivity index (χ4n) is 0.422. The molecule has 0 atom stereocenters. The molecule has 0 aromatic heterocycles. The second-order valence-electron chi connectivity index (χ2n) is 1.75. The number of hydrogen-bond acceptors (Lipinski definition) is 4. The molecule has 5 N–H and O–H groups in total. The van der Waals surface area contributed by atoms with Gasteiger partial charge in [-0.25, -0.2) is 4.79 Å². The van der Waals surface area contributed by atoms with Crippen molar-refractivity contribution >= 4 is 11.9 Å². The molecule has 0 saturated heterocycles. The number of urea groups is 1. The van der Waals surface area contributed by atoms with Gasteiger partial charge in [0.15, 0.2) is 0 Å². The number of rotatable bonds is 4. The summed E-state index contributed by atoms with van der Waals surface area (Å²) in [6.45, 7) is 0.427. The van der Waals surface area contributed by atoms with E-state index in [9.17, 15) is 9.59 Å². The maximum absolute atomic E-state index is 10.6. The van der Waals surface area contributed by atoms with E-state index < -0.39 is 11.9 Å². The molecular formula is C5H11N3O3. The van der Waals surface area contributed by atoms with E-state index >= 15 is 0 Å². The average molecular weight is 161 g/mol. The molecule has 0 aliphatic carbocycles. The summed E-state index contributed by atoms with van der Waals surface area (Å²) < 4.78 is 4.70. The van der Waals surface area contributed by atoms with Crippen LogP contribution in [-0.4, -0.2) is 31.7 Å². The molecule has 0 aliphatic heterocycles. The van der Waals surface area contributed by atoms with Crippen LogP contribution in [0.3, 0.4) is 0 Å². The van der Waals surface area contributed by atoms with Gasteiger partial charge in [0.1, 0.15) is 6.61 Å². The Bertz CT molecular complexity index is 148. The zero-order valence-corrected chi connectivity index (χ0v) is 6.00. The highest BCUT2D eigenvalue weighted by Crippen LogP contribution is 1.72. The van der Waals surface area contributed by atoms with Crippen LogP contribution in [0.2, 0.25) is 0 Å². The minimum atomic E-state index is -0.883. The van der Waals surface area contributed by atoms with Crippen molar-refractivity contribution in [1.82, 2.24) is 5.32 Å². The molecule has 0 unspecified atom stereocenters. The minimum absolute atomic E-state index is 0.194.